The van der Waals surface area contributed by atoms with Crippen LogP contribution >= 0.6 is 0 Å². The van der Waals surface area contributed by atoms with Gasteiger partial charge in [0.05, 0.1) is 5.92 Å². The molecule has 0 aliphatic carbocycles. The van der Waals surface area contributed by atoms with Crippen LogP contribution in [0.15, 0.2) is 11.2 Å². The molecule has 6 nitrogen and oxygen atoms in total. The summed E-state index contributed by atoms with van der Waals surface area (Å²) in [5.41, 5.74) is 7.87. The molecule has 0 radical (unpaired) electrons. The molecule has 2 N–H and O–H groups in total. The SMILES string of the molecule is CC1=NN(c2nc(C)cc(C)n2)C(=O)C1CN. The van der Waals surface area contributed by atoms with E-state index in [1.165, 1.54) is 5.01 Å². The summed E-state index contributed by atoms with van der Waals surface area (Å²) in [5.74, 6) is -0.183. The van der Waals surface area contributed by atoms with Gasteiger partial charge in [-0.3, -0.25) is 4.79 Å². The fraction of sp³-hybridized carbons (Fsp3) is 0.455. The highest BCUT2D eigenvalue weighted by Crippen LogP contribution is 2.20. The Morgan fingerprint density at radius 1 is 1.29 bits per heavy atom. The number of nitrogens with two attached hydrogens (primary N) is 1. The predicted molar refractivity (Wildman–Crippen MR) is 64.6 cm³/mol. The molecule has 1 aliphatic rings. The summed E-state index contributed by atoms with van der Waals surface area (Å²) in [5, 5.41) is 5.41. The first-order chi connectivity index (χ1) is 8.02. The number of hydrazone groups is 1. The number of aryl methyl sites for hydroxylation is 2. The molecule has 1 atom stereocenters. The molecule has 17 heavy (non-hydrogen) atoms. The van der Waals surface area contributed by atoms with E-state index in [1.54, 1.807) is 6.92 Å². The average molecular weight is 233 g/mol. The highest BCUT2D eigenvalue weighted by atomic mass is 16.2. The monoisotopic (exact) mass is 233 g/mol. The van der Waals surface area contributed by atoms with Gasteiger partial charge < -0.3 is 5.73 Å². The van der Waals surface area contributed by atoms with Crippen molar-refractivity contribution in [2.75, 3.05) is 11.6 Å². The van der Waals surface area contributed by atoms with E-state index in [-0.39, 0.29) is 18.4 Å². The Hall–Kier alpha value is -1.82. The van der Waals surface area contributed by atoms with Gasteiger partial charge in [-0.15, -0.1) is 0 Å². The van der Waals surface area contributed by atoms with Crippen LogP contribution in [0.1, 0.15) is 18.3 Å². The number of carbonyl (C=O) groups excluding carboxylic acids is 1. The van der Waals surface area contributed by atoms with Gasteiger partial charge in [-0.05, 0) is 26.8 Å². The van der Waals surface area contributed by atoms with Gasteiger partial charge >= 0.3 is 0 Å². The van der Waals surface area contributed by atoms with Crippen LogP contribution in [0.5, 0.6) is 0 Å². The summed E-state index contributed by atoms with van der Waals surface area (Å²) in [7, 11) is 0. The first-order valence-electron chi connectivity index (χ1n) is 5.44. The third-order valence-electron chi connectivity index (χ3n) is 2.66. The van der Waals surface area contributed by atoms with Gasteiger partial charge in [0.2, 0.25) is 0 Å². The van der Waals surface area contributed by atoms with Gasteiger partial charge in [0.15, 0.2) is 0 Å². The lowest BCUT2D eigenvalue weighted by Gasteiger charge is -2.12. The maximum Gasteiger partial charge on any atom is 0.260 e. The summed E-state index contributed by atoms with van der Waals surface area (Å²) in [6.45, 7) is 5.76. The molecular formula is C11H15N5O. The van der Waals surface area contributed by atoms with Crippen molar-refractivity contribution in [2.45, 2.75) is 20.8 Å². The Labute approximate surface area is 99.5 Å². The molecule has 0 saturated heterocycles. The van der Waals surface area contributed by atoms with Crippen molar-refractivity contribution in [2.24, 2.45) is 16.8 Å². The average Bonchev–Trinajstić information content (AvgIpc) is 2.52. The summed E-state index contributed by atoms with van der Waals surface area (Å²) in [4.78, 5) is 20.5. The highest BCUT2D eigenvalue weighted by Gasteiger charge is 2.34. The molecule has 2 heterocycles. The van der Waals surface area contributed by atoms with Crippen LogP contribution in [0.25, 0.3) is 0 Å². The van der Waals surface area contributed by atoms with Crippen molar-refractivity contribution in [3.63, 3.8) is 0 Å². The topological polar surface area (TPSA) is 84.5 Å². The second kappa shape index (κ2) is 4.21. The number of aromatic nitrogens is 2. The van der Waals surface area contributed by atoms with Gasteiger partial charge in [0.1, 0.15) is 0 Å². The summed E-state index contributed by atoms with van der Waals surface area (Å²) in [6.07, 6.45) is 0. The van der Waals surface area contributed by atoms with E-state index in [0.29, 0.717) is 11.7 Å². The zero-order valence-electron chi connectivity index (χ0n) is 10.1. The van der Waals surface area contributed by atoms with Crippen LogP contribution in [0, 0.1) is 19.8 Å². The van der Waals surface area contributed by atoms with Crippen LogP contribution in [0.2, 0.25) is 0 Å². The van der Waals surface area contributed by atoms with Crippen molar-refractivity contribution >= 4 is 17.6 Å². The van der Waals surface area contributed by atoms with Crippen molar-refractivity contribution in [1.82, 2.24) is 9.97 Å². The standard InChI is InChI=1S/C11H15N5O/c1-6-4-7(2)14-11(13-6)16-10(17)9(5-12)8(3)15-16/h4,9H,5,12H2,1-3H3. The van der Waals surface area contributed by atoms with Gasteiger partial charge in [-0.2, -0.15) is 10.1 Å². The Kier molecular flexibility index (Phi) is 2.89. The number of carbonyl (C=O) groups is 1. The van der Waals surface area contributed by atoms with Crippen molar-refractivity contribution in [3.05, 3.63) is 17.5 Å². The smallest absolute Gasteiger partial charge is 0.260 e. The zero-order valence-corrected chi connectivity index (χ0v) is 10.1. The lowest BCUT2D eigenvalue weighted by Crippen LogP contribution is -2.33. The Morgan fingerprint density at radius 2 is 1.88 bits per heavy atom. The fourth-order valence-electron chi connectivity index (χ4n) is 1.82. The second-order valence-electron chi connectivity index (χ2n) is 4.13. The molecule has 90 valence electrons. The van der Waals surface area contributed by atoms with Crippen LogP contribution in [0.3, 0.4) is 0 Å². The van der Waals surface area contributed by atoms with E-state index in [2.05, 4.69) is 15.1 Å². The van der Waals surface area contributed by atoms with Crippen LogP contribution in [0.4, 0.5) is 5.95 Å². The van der Waals surface area contributed by atoms with E-state index in [0.717, 1.165) is 11.4 Å². The number of nitrogens with zero attached hydrogens (tertiary/aromatic N) is 4. The van der Waals surface area contributed by atoms with Crippen molar-refractivity contribution in [1.29, 1.82) is 0 Å². The molecule has 0 spiro atoms. The van der Waals surface area contributed by atoms with Gasteiger partial charge in [-0.25, -0.2) is 9.97 Å². The quantitative estimate of drug-likeness (QED) is 0.800. The Balaban J connectivity index is 2.39. The fourth-order valence-corrected chi connectivity index (χ4v) is 1.82. The molecule has 1 unspecified atom stereocenters. The first-order valence-corrected chi connectivity index (χ1v) is 5.44. The Morgan fingerprint density at radius 3 is 2.35 bits per heavy atom. The van der Waals surface area contributed by atoms with Gasteiger partial charge in [0, 0.05) is 23.6 Å². The van der Waals surface area contributed by atoms with Crippen LogP contribution in [-0.2, 0) is 4.79 Å². The van der Waals surface area contributed by atoms with Gasteiger partial charge in [-0.1, -0.05) is 0 Å². The zero-order chi connectivity index (χ0) is 12.6. The van der Waals surface area contributed by atoms with Crippen molar-refractivity contribution < 1.29 is 4.79 Å². The van der Waals surface area contributed by atoms with E-state index >= 15 is 0 Å². The Bertz CT molecular complexity index is 476. The molecular weight excluding hydrogens is 218 g/mol. The lowest BCUT2D eigenvalue weighted by molar-refractivity contribution is -0.119. The molecule has 1 aromatic rings. The number of amides is 1. The largest absolute Gasteiger partial charge is 0.329 e. The normalized spacial score (nSPS) is 19.8. The van der Waals surface area contributed by atoms with E-state index < -0.39 is 0 Å². The minimum Gasteiger partial charge on any atom is -0.329 e. The lowest BCUT2D eigenvalue weighted by atomic mass is 10.1. The summed E-state index contributed by atoms with van der Waals surface area (Å²) in [6, 6.07) is 1.85. The van der Waals surface area contributed by atoms with E-state index in [4.69, 9.17) is 5.73 Å². The minimum atomic E-state index is -0.348. The van der Waals surface area contributed by atoms with E-state index in [1.807, 2.05) is 19.9 Å². The molecule has 0 saturated carbocycles. The number of anilines is 1. The molecule has 6 heteroatoms. The molecule has 2 rings (SSSR count). The molecule has 1 aromatic heterocycles. The maximum absolute atomic E-state index is 12.0. The molecule has 0 fully saturated rings. The predicted octanol–water partition coefficient (Wildman–Crippen LogP) is 0.391. The number of hydrogen-bond acceptors (Lipinski definition) is 5. The highest BCUT2D eigenvalue weighted by molar-refractivity contribution is 6.14. The number of hydrogen-bond donors (Lipinski definition) is 1. The molecule has 1 amide bonds. The summed E-state index contributed by atoms with van der Waals surface area (Å²) < 4.78 is 0. The molecule has 1 aliphatic heterocycles. The number of rotatable bonds is 2. The van der Waals surface area contributed by atoms with E-state index in [9.17, 15) is 4.79 Å². The van der Waals surface area contributed by atoms with Crippen molar-refractivity contribution in [3.8, 4) is 0 Å². The first kappa shape index (κ1) is 11.7. The third-order valence-corrected chi connectivity index (χ3v) is 2.66. The third kappa shape index (κ3) is 2.03. The van der Waals surface area contributed by atoms with Crippen LogP contribution in [-0.4, -0.2) is 28.1 Å². The maximum atomic E-state index is 12.0. The second-order valence-corrected chi connectivity index (χ2v) is 4.13. The summed E-state index contributed by atoms with van der Waals surface area (Å²) >= 11 is 0. The van der Waals surface area contributed by atoms with Gasteiger partial charge in [0.25, 0.3) is 11.9 Å². The minimum absolute atomic E-state index is 0.157. The van der Waals surface area contributed by atoms with Crippen LogP contribution < -0.4 is 10.7 Å². The molecule has 0 bridgehead atoms. The molecule has 0 aromatic carbocycles.